The smallest absolute Gasteiger partial charge is 0.307 e. The molecular weight excluding hydrogens is 511 g/mol. The number of carboxylic acid groups (broad SMARTS) is 1. The van der Waals surface area contributed by atoms with Crippen LogP contribution in [0.3, 0.4) is 0 Å². The van der Waals surface area contributed by atoms with E-state index >= 15 is 0 Å². The first-order chi connectivity index (χ1) is 18.7. The summed E-state index contributed by atoms with van der Waals surface area (Å²) in [4.78, 5) is 27.4. The summed E-state index contributed by atoms with van der Waals surface area (Å²) in [5.41, 5.74) is 3.74. The van der Waals surface area contributed by atoms with Gasteiger partial charge >= 0.3 is 5.97 Å². The Morgan fingerprint density at radius 3 is 2.17 bits per heavy atom. The summed E-state index contributed by atoms with van der Waals surface area (Å²) < 4.78 is 18.8. The standard InChI is InChI=1S/C27H31FN4O3.C4H10O/c1-18-22(14-24(33)34)25(32-11-9-27(2,3)10-12-32)23(17-29-18)26-30-15-21(16-31-26)35-13-8-19-4-6-20(28)7-5-19;1-4(2,3)5/h4-7,15-17H,8-14H2,1-3H3,(H,33,34);5H,1-3H3. The molecule has 0 spiro atoms. The zero-order valence-corrected chi connectivity index (χ0v) is 24.4. The van der Waals surface area contributed by atoms with Gasteiger partial charge in [-0.05, 0) is 63.6 Å². The van der Waals surface area contributed by atoms with Crippen LogP contribution in [0.1, 0.15) is 64.3 Å². The van der Waals surface area contributed by atoms with Crippen molar-refractivity contribution in [1.82, 2.24) is 15.0 Å². The lowest BCUT2D eigenvalue weighted by molar-refractivity contribution is -0.136. The Kier molecular flexibility index (Phi) is 10.2. The monoisotopic (exact) mass is 552 g/mol. The molecule has 1 aliphatic rings. The third-order valence-corrected chi connectivity index (χ3v) is 6.57. The van der Waals surface area contributed by atoms with E-state index in [-0.39, 0.29) is 17.7 Å². The number of piperidine rings is 1. The van der Waals surface area contributed by atoms with Gasteiger partial charge < -0.3 is 19.8 Å². The van der Waals surface area contributed by atoms with Gasteiger partial charge in [0.05, 0.1) is 42.3 Å². The molecule has 3 aromatic rings. The highest BCUT2D eigenvalue weighted by atomic mass is 19.1. The number of carbonyl (C=O) groups is 1. The van der Waals surface area contributed by atoms with E-state index < -0.39 is 11.6 Å². The number of anilines is 1. The molecule has 2 N–H and O–H groups in total. The molecule has 1 fully saturated rings. The minimum atomic E-state index is -0.892. The second kappa shape index (κ2) is 13.2. The van der Waals surface area contributed by atoms with Gasteiger partial charge in [-0.2, -0.15) is 0 Å². The van der Waals surface area contributed by atoms with Crippen LogP contribution in [-0.4, -0.2) is 56.4 Å². The molecule has 0 amide bonds. The number of carboxylic acids is 1. The number of rotatable bonds is 8. The number of ether oxygens (including phenoxy) is 1. The molecule has 8 nitrogen and oxygen atoms in total. The Labute approximate surface area is 236 Å². The van der Waals surface area contributed by atoms with Crippen LogP contribution in [0.25, 0.3) is 11.4 Å². The molecule has 3 heterocycles. The van der Waals surface area contributed by atoms with Crippen molar-refractivity contribution in [3.05, 3.63) is 65.5 Å². The topological polar surface area (TPSA) is 109 Å². The molecule has 0 atom stereocenters. The fourth-order valence-electron chi connectivity index (χ4n) is 4.33. The second-order valence-electron chi connectivity index (χ2n) is 11.9. The average Bonchev–Trinajstić information content (AvgIpc) is 2.86. The van der Waals surface area contributed by atoms with E-state index in [0.717, 1.165) is 42.7 Å². The zero-order chi connectivity index (χ0) is 29.5. The fourth-order valence-corrected chi connectivity index (χ4v) is 4.33. The van der Waals surface area contributed by atoms with Crippen LogP contribution in [0.2, 0.25) is 0 Å². The predicted molar refractivity (Wildman–Crippen MR) is 154 cm³/mol. The van der Waals surface area contributed by atoms with Gasteiger partial charge in [-0.1, -0.05) is 26.0 Å². The van der Waals surface area contributed by atoms with Crippen LogP contribution in [0, 0.1) is 18.2 Å². The summed E-state index contributed by atoms with van der Waals surface area (Å²) in [6.07, 6.45) is 7.54. The van der Waals surface area contributed by atoms with Gasteiger partial charge in [-0.15, -0.1) is 0 Å². The number of nitrogens with zero attached hydrogens (tertiary/aromatic N) is 4. The highest BCUT2D eigenvalue weighted by Crippen LogP contribution is 2.39. The molecule has 1 aromatic carbocycles. The number of aromatic nitrogens is 3. The molecule has 1 aliphatic heterocycles. The number of halogens is 1. The van der Waals surface area contributed by atoms with Crippen LogP contribution in [0.15, 0.2) is 42.9 Å². The van der Waals surface area contributed by atoms with Gasteiger partial charge in [0.15, 0.2) is 11.6 Å². The number of hydrogen-bond donors (Lipinski definition) is 2. The molecular formula is C31H41FN4O4. The van der Waals surface area contributed by atoms with E-state index in [2.05, 4.69) is 33.7 Å². The molecule has 0 aliphatic carbocycles. The number of benzene rings is 1. The minimum Gasteiger partial charge on any atom is -0.490 e. The molecule has 0 unspecified atom stereocenters. The van der Waals surface area contributed by atoms with E-state index in [9.17, 15) is 14.3 Å². The third-order valence-electron chi connectivity index (χ3n) is 6.57. The van der Waals surface area contributed by atoms with Crippen molar-refractivity contribution in [2.45, 2.75) is 72.8 Å². The van der Waals surface area contributed by atoms with E-state index in [1.165, 1.54) is 12.1 Å². The summed E-state index contributed by atoms with van der Waals surface area (Å²) in [6.45, 7) is 13.7. The Hall–Kier alpha value is -3.59. The lowest BCUT2D eigenvalue weighted by Gasteiger charge is -2.39. The van der Waals surface area contributed by atoms with Gasteiger partial charge in [-0.3, -0.25) is 9.78 Å². The molecule has 216 valence electrons. The van der Waals surface area contributed by atoms with Crippen molar-refractivity contribution in [2.24, 2.45) is 5.41 Å². The van der Waals surface area contributed by atoms with Crippen molar-refractivity contribution in [2.75, 3.05) is 24.6 Å². The number of aryl methyl sites for hydroxylation is 1. The average molecular weight is 553 g/mol. The first kappa shape index (κ1) is 30.9. The normalized spacial score (nSPS) is 14.8. The van der Waals surface area contributed by atoms with Crippen molar-refractivity contribution >= 4 is 11.7 Å². The molecule has 0 saturated carbocycles. The van der Waals surface area contributed by atoms with Gasteiger partial charge in [0.1, 0.15) is 5.82 Å². The SMILES string of the molecule is CC(C)(C)O.Cc1ncc(-c2ncc(OCCc3ccc(F)cc3)cn2)c(N2CCC(C)(C)CC2)c1CC(=O)O. The van der Waals surface area contributed by atoms with Crippen LogP contribution in [0.5, 0.6) is 5.75 Å². The highest BCUT2D eigenvalue weighted by Gasteiger charge is 2.29. The van der Waals surface area contributed by atoms with Crippen molar-refractivity contribution in [3.8, 4) is 17.1 Å². The summed E-state index contributed by atoms with van der Waals surface area (Å²) in [6, 6.07) is 6.34. The Bertz CT molecular complexity index is 1260. The Morgan fingerprint density at radius 2 is 1.62 bits per heavy atom. The maximum absolute atomic E-state index is 13.1. The minimum absolute atomic E-state index is 0.105. The van der Waals surface area contributed by atoms with Gasteiger partial charge in [0, 0.05) is 37.0 Å². The van der Waals surface area contributed by atoms with Crippen molar-refractivity contribution < 1.29 is 24.1 Å². The van der Waals surface area contributed by atoms with E-state index in [1.54, 1.807) is 51.5 Å². The lowest BCUT2D eigenvalue weighted by atomic mass is 9.82. The second-order valence-corrected chi connectivity index (χ2v) is 11.9. The van der Waals surface area contributed by atoms with E-state index in [4.69, 9.17) is 9.84 Å². The molecule has 2 aromatic heterocycles. The van der Waals surface area contributed by atoms with Gasteiger partial charge in [0.25, 0.3) is 0 Å². The summed E-state index contributed by atoms with van der Waals surface area (Å²) >= 11 is 0. The third kappa shape index (κ3) is 9.55. The van der Waals surface area contributed by atoms with Crippen molar-refractivity contribution in [1.29, 1.82) is 0 Å². The van der Waals surface area contributed by atoms with Crippen LogP contribution in [0.4, 0.5) is 10.1 Å². The number of aliphatic hydroxyl groups is 1. The quantitative estimate of drug-likeness (QED) is 0.370. The molecule has 40 heavy (non-hydrogen) atoms. The fraction of sp³-hybridized carbons (Fsp3) is 0.484. The molecule has 1 saturated heterocycles. The van der Waals surface area contributed by atoms with Crippen LogP contribution < -0.4 is 9.64 Å². The van der Waals surface area contributed by atoms with Crippen LogP contribution >= 0.6 is 0 Å². The molecule has 4 rings (SSSR count). The van der Waals surface area contributed by atoms with Gasteiger partial charge in [-0.25, -0.2) is 14.4 Å². The number of pyridine rings is 1. The number of hydrogen-bond acceptors (Lipinski definition) is 7. The first-order valence-electron chi connectivity index (χ1n) is 13.6. The first-order valence-corrected chi connectivity index (χ1v) is 13.6. The maximum atomic E-state index is 13.1. The van der Waals surface area contributed by atoms with Crippen molar-refractivity contribution in [3.63, 3.8) is 0 Å². The Morgan fingerprint density at radius 1 is 1.05 bits per heavy atom. The summed E-state index contributed by atoms with van der Waals surface area (Å²) in [7, 11) is 0. The van der Waals surface area contributed by atoms with E-state index in [1.807, 2.05) is 6.92 Å². The molecule has 9 heteroatoms. The largest absolute Gasteiger partial charge is 0.490 e. The molecule has 0 radical (unpaired) electrons. The summed E-state index contributed by atoms with van der Waals surface area (Å²) in [5.74, 6) is -0.141. The zero-order valence-electron chi connectivity index (χ0n) is 24.4. The molecule has 0 bridgehead atoms. The Balaban J connectivity index is 0.000000810. The maximum Gasteiger partial charge on any atom is 0.307 e. The van der Waals surface area contributed by atoms with Gasteiger partial charge in [0.2, 0.25) is 0 Å². The highest BCUT2D eigenvalue weighted by molar-refractivity contribution is 5.82. The van der Waals surface area contributed by atoms with E-state index in [0.29, 0.717) is 35.9 Å². The summed E-state index contributed by atoms with van der Waals surface area (Å²) in [5, 5.41) is 18.1. The van der Waals surface area contributed by atoms with Crippen LogP contribution in [-0.2, 0) is 17.6 Å². The lowest BCUT2D eigenvalue weighted by Crippen LogP contribution is -2.38. The number of aliphatic carboxylic acids is 1. The predicted octanol–water partition coefficient (Wildman–Crippen LogP) is 5.64.